The number of carbonyl (C=O) groups excluding carboxylic acids is 1. The molecule has 0 bridgehead atoms. The van der Waals surface area contributed by atoms with Gasteiger partial charge in [0, 0.05) is 37.3 Å². The van der Waals surface area contributed by atoms with Gasteiger partial charge in [-0.2, -0.15) is 0 Å². The normalized spacial score (nSPS) is 14.6. The lowest BCUT2D eigenvalue weighted by Gasteiger charge is -2.35. The molecule has 1 aliphatic heterocycles. The number of hydrogen-bond acceptors (Lipinski definition) is 4. The van der Waals surface area contributed by atoms with Crippen LogP contribution in [0.1, 0.15) is 36.7 Å². The number of amides is 1. The summed E-state index contributed by atoms with van der Waals surface area (Å²) in [5.41, 5.74) is 3.55. The number of halogens is 1. The lowest BCUT2D eigenvalue weighted by atomic mass is 9.86. The molecular weight excluding hydrogens is 391 g/mol. The van der Waals surface area contributed by atoms with Gasteiger partial charge in [0.2, 0.25) is 0 Å². The molecule has 0 N–H and O–H groups in total. The number of carbonyl (C=O) groups is 1. The molecule has 1 fully saturated rings. The minimum Gasteiger partial charge on any atom is -0.352 e. The Kier molecular flexibility index (Phi) is 5.72. The van der Waals surface area contributed by atoms with E-state index in [1.807, 2.05) is 41.3 Å². The van der Waals surface area contributed by atoms with Crippen LogP contribution in [0.3, 0.4) is 0 Å². The Labute approximate surface area is 182 Å². The summed E-state index contributed by atoms with van der Waals surface area (Å²) in [6.07, 6.45) is 0. The van der Waals surface area contributed by atoms with Crippen LogP contribution in [0.25, 0.3) is 11.3 Å². The van der Waals surface area contributed by atoms with Crippen molar-refractivity contribution in [1.82, 2.24) is 15.1 Å². The van der Waals surface area contributed by atoms with Crippen LogP contribution in [0.4, 0.5) is 10.2 Å². The summed E-state index contributed by atoms with van der Waals surface area (Å²) in [6, 6.07) is 18.0. The fourth-order valence-corrected chi connectivity index (χ4v) is 3.70. The third kappa shape index (κ3) is 4.74. The molecule has 0 spiro atoms. The molecule has 160 valence electrons. The number of rotatable bonds is 3. The fourth-order valence-electron chi connectivity index (χ4n) is 3.70. The minimum absolute atomic E-state index is 0.0675. The van der Waals surface area contributed by atoms with Gasteiger partial charge in [0.25, 0.3) is 5.91 Å². The maximum Gasteiger partial charge on any atom is 0.253 e. The van der Waals surface area contributed by atoms with E-state index < -0.39 is 0 Å². The van der Waals surface area contributed by atoms with Crippen LogP contribution in [0.2, 0.25) is 0 Å². The number of anilines is 1. The predicted molar refractivity (Wildman–Crippen MR) is 121 cm³/mol. The average molecular weight is 419 g/mol. The number of aromatic nitrogens is 2. The third-order valence-corrected chi connectivity index (χ3v) is 5.68. The van der Waals surface area contributed by atoms with E-state index in [1.54, 1.807) is 12.1 Å². The molecule has 1 aromatic heterocycles. The standard InChI is InChI=1S/C25H27FN4O/c1-25(2,3)20-8-4-19(5-9-20)24(31)30-16-14-29(15-17-30)23-13-12-22(27-28-23)18-6-10-21(26)11-7-18/h4-13H,14-17H2,1-3H3. The van der Waals surface area contributed by atoms with Crippen LogP contribution in [-0.2, 0) is 5.41 Å². The molecule has 1 aliphatic rings. The van der Waals surface area contributed by atoms with Crippen molar-refractivity contribution in [2.45, 2.75) is 26.2 Å². The van der Waals surface area contributed by atoms with Crippen molar-refractivity contribution in [3.05, 3.63) is 77.6 Å². The van der Waals surface area contributed by atoms with Gasteiger partial charge < -0.3 is 9.80 Å². The van der Waals surface area contributed by atoms with E-state index in [2.05, 4.69) is 35.9 Å². The summed E-state index contributed by atoms with van der Waals surface area (Å²) in [6.45, 7) is 9.18. The molecule has 0 radical (unpaired) electrons. The SMILES string of the molecule is CC(C)(C)c1ccc(C(=O)N2CCN(c3ccc(-c4ccc(F)cc4)nn3)CC2)cc1. The molecule has 2 heterocycles. The molecular formula is C25H27FN4O. The molecule has 1 amide bonds. The van der Waals surface area contributed by atoms with Gasteiger partial charge in [-0.15, -0.1) is 10.2 Å². The average Bonchev–Trinajstić information content (AvgIpc) is 2.79. The van der Waals surface area contributed by atoms with Gasteiger partial charge in [-0.3, -0.25) is 4.79 Å². The maximum atomic E-state index is 13.1. The van der Waals surface area contributed by atoms with Crippen LogP contribution in [-0.4, -0.2) is 47.2 Å². The maximum absolute atomic E-state index is 13.1. The number of piperazine rings is 1. The highest BCUT2D eigenvalue weighted by Gasteiger charge is 2.23. The summed E-state index contributed by atoms with van der Waals surface area (Å²) in [5.74, 6) is 0.580. The van der Waals surface area contributed by atoms with Gasteiger partial charge in [0.1, 0.15) is 5.82 Å². The second-order valence-electron chi connectivity index (χ2n) is 8.89. The lowest BCUT2D eigenvalue weighted by Crippen LogP contribution is -2.49. The van der Waals surface area contributed by atoms with Crippen LogP contribution >= 0.6 is 0 Å². The van der Waals surface area contributed by atoms with Gasteiger partial charge in [-0.25, -0.2) is 4.39 Å². The monoisotopic (exact) mass is 418 g/mol. The summed E-state index contributed by atoms with van der Waals surface area (Å²) >= 11 is 0. The van der Waals surface area contributed by atoms with Crippen molar-refractivity contribution in [3.63, 3.8) is 0 Å². The highest BCUT2D eigenvalue weighted by Crippen LogP contribution is 2.23. The number of nitrogens with zero attached hydrogens (tertiary/aromatic N) is 4. The summed E-state index contributed by atoms with van der Waals surface area (Å²) in [4.78, 5) is 16.9. The van der Waals surface area contributed by atoms with Crippen molar-refractivity contribution in [2.75, 3.05) is 31.1 Å². The van der Waals surface area contributed by atoms with E-state index in [9.17, 15) is 9.18 Å². The molecule has 0 aliphatic carbocycles. The van der Waals surface area contributed by atoms with E-state index in [4.69, 9.17) is 0 Å². The van der Waals surface area contributed by atoms with Gasteiger partial charge in [0.15, 0.2) is 5.82 Å². The Morgan fingerprint density at radius 1 is 0.839 bits per heavy atom. The zero-order valence-electron chi connectivity index (χ0n) is 18.2. The van der Waals surface area contributed by atoms with Gasteiger partial charge in [-0.1, -0.05) is 32.9 Å². The molecule has 6 heteroatoms. The number of hydrogen-bond donors (Lipinski definition) is 0. The van der Waals surface area contributed by atoms with Crippen LogP contribution in [0.5, 0.6) is 0 Å². The Morgan fingerprint density at radius 2 is 1.48 bits per heavy atom. The molecule has 0 unspecified atom stereocenters. The molecule has 0 atom stereocenters. The first-order valence-corrected chi connectivity index (χ1v) is 10.6. The molecule has 0 saturated carbocycles. The fraction of sp³-hybridized carbons (Fsp3) is 0.320. The molecule has 4 rings (SSSR count). The predicted octanol–water partition coefficient (Wildman–Crippen LogP) is 4.54. The molecule has 5 nitrogen and oxygen atoms in total. The van der Waals surface area contributed by atoms with Crippen molar-refractivity contribution < 1.29 is 9.18 Å². The molecule has 2 aromatic carbocycles. The Morgan fingerprint density at radius 3 is 2.03 bits per heavy atom. The Bertz CT molecular complexity index is 1030. The van der Waals surface area contributed by atoms with Crippen molar-refractivity contribution >= 4 is 11.7 Å². The first kappa shape index (κ1) is 21.0. The first-order valence-electron chi connectivity index (χ1n) is 10.6. The topological polar surface area (TPSA) is 49.3 Å². The molecule has 1 saturated heterocycles. The quantitative estimate of drug-likeness (QED) is 0.627. The van der Waals surface area contributed by atoms with Crippen LogP contribution in [0, 0.1) is 5.82 Å². The minimum atomic E-state index is -0.272. The summed E-state index contributed by atoms with van der Waals surface area (Å²) < 4.78 is 13.1. The van der Waals surface area contributed by atoms with E-state index in [-0.39, 0.29) is 17.1 Å². The highest BCUT2D eigenvalue weighted by molar-refractivity contribution is 5.94. The van der Waals surface area contributed by atoms with Crippen molar-refractivity contribution in [1.29, 1.82) is 0 Å². The highest BCUT2D eigenvalue weighted by atomic mass is 19.1. The van der Waals surface area contributed by atoms with E-state index in [0.717, 1.165) is 16.9 Å². The van der Waals surface area contributed by atoms with Gasteiger partial charge in [0.05, 0.1) is 5.69 Å². The summed E-state index contributed by atoms with van der Waals surface area (Å²) in [5, 5.41) is 8.63. The third-order valence-electron chi connectivity index (χ3n) is 5.68. The van der Waals surface area contributed by atoms with Crippen molar-refractivity contribution in [2.24, 2.45) is 0 Å². The lowest BCUT2D eigenvalue weighted by molar-refractivity contribution is 0.0746. The second kappa shape index (κ2) is 8.46. The van der Waals surface area contributed by atoms with Crippen LogP contribution < -0.4 is 4.90 Å². The van der Waals surface area contributed by atoms with Crippen LogP contribution in [0.15, 0.2) is 60.7 Å². The zero-order valence-corrected chi connectivity index (χ0v) is 18.2. The number of benzene rings is 2. The second-order valence-corrected chi connectivity index (χ2v) is 8.89. The smallest absolute Gasteiger partial charge is 0.253 e. The van der Waals surface area contributed by atoms with Gasteiger partial charge in [-0.05, 0) is 59.5 Å². The summed E-state index contributed by atoms with van der Waals surface area (Å²) in [7, 11) is 0. The molecule has 31 heavy (non-hydrogen) atoms. The first-order chi connectivity index (χ1) is 14.8. The van der Waals surface area contributed by atoms with E-state index >= 15 is 0 Å². The Hall–Kier alpha value is -3.28. The van der Waals surface area contributed by atoms with Crippen molar-refractivity contribution in [3.8, 4) is 11.3 Å². The molecule has 3 aromatic rings. The van der Waals surface area contributed by atoms with E-state index in [0.29, 0.717) is 31.9 Å². The Balaban J connectivity index is 1.37. The largest absolute Gasteiger partial charge is 0.352 e. The van der Waals surface area contributed by atoms with Gasteiger partial charge >= 0.3 is 0 Å². The van der Waals surface area contributed by atoms with E-state index in [1.165, 1.54) is 17.7 Å². The zero-order chi connectivity index (χ0) is 22.0.